The lowest BCUT2D eigenvalue weighted by molar-refractivity contribution is 0.0547. The molecule has 0 saturated carbocycles. The van der Waals surface area contributed by atoms with E-state index in [4.69, 9.17) is 16.7 Å². The summed E-state index contributed by atoms with van der Waals surface area (Å²) in [5, 5.41) is 9.51. The minimum atomic E-state index is -3.50. The molecule has 2 rings (SSSR count). The fourth-order valence-corrected chi connectivity index (χ4v) is 3.61. The molecular weight excluding hydrogens is 250 g/mol. The lowest BCUT2D eigenvalue weighted by atomic mass is 10.2. The summed E-state index contributed by atoms with van der Waals surface area (Å²) >= 11 is 5.79. The Labute approximate surface area is 99.5 Å². The van der Waals surface area contributed by atoms with E-state index >= 15 is 0 Å². The van der Waals surface area contributed by atoms with Crippen LogP contribution in [0.3, 0.4) is 0 Å². The topological polar surface area (TPSA) is 57.6 Å². The van der Waals surface area contributed by atoms with E-state index < -0.39 is 16.1 Å². The Kier molecular flexibility index (Phi) is 2.96. The third-order valence-electron chi connectivity index (χ3n) is 2.60. The number of hydrogen-bond acceptors (Lipinski definition) is 3. The van der Waals surface area contributed by atoms with E-state index in [0.717, 1.165) is 0 Å². The number of hydrogen-bond donors (Lipinski definition) is 1. The van der Waals surface area contributed by atoms with Gasteiger partial charge in [0.2, 0.25) is 10.0 Å². The van der Waals surface area contributed by atoms with Crippen LogP contribution in [0, 0.1) is 6.92 Å². The first-order valence-electron chi connectivity index (χ1n) is 4.85. The number of aryl methyl sites for hydroxylation is 1. The van der Waals surface area contributed by atoms with Crippen LogP contribution in [0.4, 0.5) is 0 Å². The predicted molar refractivity (Wildman–Crippen MR) is 61.0 cm³/mol. The highest BCUT2D eigenvalue weighted by Crippen LogP contribution is 2.26. The van der Waals surface area contributed by atoms with E-state index in [1.807, 2.05) is 0 Å². The molecule has 0 radical (unpaired) electrons. The van der Waals surface area contributed by atoms with Crippen molar-refractivity contribution in [3.8, 4) is 0 Å². The Balaban J connectivity index is 2.40. The number of aliphatic hydroxyl groups is 1. The standard InChI is InChI=1S/C10H12ClNO3S/c1-7-2-3-8(11)4-10(7)16(14,15)12-5-9(13)6-12/h2-4,9,13H,5-6H2,1H3. The zero-order valence-electron chi connectivity index (χ0n) is 8.72. The number of sulfonamides is 1. The summed E-state index contributed by atoms with van der Waals surface area (Å²) in [5.74, 6) is 0. The maximum Gasteiger partial charge on any atom is 0.243 e. The van der Waals surface area contributed by atoms with Crippen LogP contribution in [0.15, 0.2) is 23.1 Å². The summed E-state index contributed by atoms with van der Waals surface area (Å²) in [7, 11) is -3.50. The highest BCUT2D eigenvalue weighted by molar-refractivity contribution is 7.89. The van der Waals surface area contributed by atoms with Crippen LogP contribution in [-0.4, -0.2) is 37.0 Å². The van der Waals surface area contributed by atoms with Crippen molar-refractivity contribution in [3.63, 3.8) is 0 Å². The third-order valence-corrected chi connectivity index (χ3v) is 4.81. The molecule has 1 N–H and O–H groups in total. The Bertz CT molecular complexity index is 509. The van der Waals surface area contributed by atoms with Gasteiger partial charge in [0.1, 0.15) is 0 Å². The smallest absolute Gasteiger partial charge is 0.243 e. The molecule has 88 valence electrons. The average molecular weight is 262 g/mol. The number of β-amino-alcohol motifs (C(OH)–C–C–N with tert-alkyl or cyclic N) is 1. The van der Waals surface area contributed by atoms with Crippen LogP contribution in [-0.2, 0) is 10.0 Å². The van der Waals surface area contributed by atoms with Crippen LogP contribution < -0.4 is 0 Å². The monoisotopic (exact) mass is 261 g/mol. The summed E-state index contributed by atoms with van der Waals surface area (Å²) < 4.78 is 25.4. The summed E-state index contributed by atoms with van der Waals surface area (Å²) in [5.41, 5.74) is 0.658. The first-order chi connectivity index (χ1) is 7.41. The molecule has 1 fully saturated rings. The molecule has 1 heterocycles. The molecule has 0 bridgehead atoms. The zero-order chi connectivity index (χ0) is 11.9. The van der Waals surface area contributed by atoms with Gasteiger partial charge in [0, 0.05) is 18.1 Å². The van der Waals surface area contributed by atoms with Gasteiger partial charge in [0.25, 0.3) is 0 Å². The summed E-state index contributed by atoms with van der Waals surface area (Å²) in [6.45, 7) is 2.04. The van der Waals surface area contributed by atoms with Crippen LogP contribution in [0.25, 0.3) is 0 Å². The van der Waals surface area contributed by atoms with Gasteiger partial charge < -0.3 is 5.11 Å². The highest BCUT2D eigenvalue weighted by atomic mass is 35.5. The van der Waals surface area contributed by atoms with Gasteiger partial charge in [-0.05, 0) is 24.6 Å². The number of nitrogens with zero attached hydrogens (tertiary/aromatic N) is 1. The molecule has 1 saturated heterocycles. The van der Waals surface area contributed by atoms with Crippen molar-refractivity contribution in [1.82, 2.24) is 4.31 Å². The molecule has 0 aromatic heterocycles. The molecule has 16 heavy (non-hydrogen) atoms. The average Bonchev–Trinajstić information content (AvgIpc) is 2.16. The van der Waals surface area contributed by atoms with Gasteiger partial charge >= 0.3 is 0 Å². The quantitative estimate of drug-likeness (QED) is 0.865. The Morgan fingerprint density at radius 3 is 2.62 bits per heavy atom. The fourth-order valence-electron chi connectivity index (χ4n) is 1.60. The van der Waals surface area contributed by atoms with Crippen molar-refractivity contribution in [2.45, 2.75) is 17.9 Å². The zero-order valence-corrected chi connectivity index (χ0v) is 10.3. The second-order valence-electron chi connectivity index (χ2n) is 3.89. The number of rotatable bonds is 2. The van der Waals surface area contributed by atoms with Gasteiger partial charge in [-0.2, -0.15) is 4.31 Å². The Morgan fingerprint density at radius 2 is 2.06 bits per heavy atom. The van der Waals surface area contributed by atoms with E-state index in [9.17, 15) is 8.42 Å². The molecule has 6 heteroatoms. The van der Waals surface area contributed by atoms with E-state index in [0.29, 0.717) is 10.6 Å². The van der Waals surface area contributed by atoms with Gasteiger partial charge in [-0.1, -0.05) is 17.7 Å². The van der Waals surface area contributed by atoms with Crippen molar-refractivity contribution in [1.29, 1.82) is 0 Å². The molecule has 1 aromatic carbocycles. The summed E-state index contributed by atoms with van der Waals surface area (Å²) in [4.78, 5) is 0.215. The summed E-state index contributed by atoms with van der Waals surface area (Å²) in [6, 6.07) is 4.77. The highest BCUT2D eigenvalue weighted by Gasteiger charge is 2.36. The normalized spacial score (nSPS) is 18.4. The van der Waals surface area contributed by atoms with Crippen molar-refractivity contribution >= 4 is 21.6 Å². The van der Waals surface area contributed by atoms with Crippen LogP contribution in [0.5, 0.6) is 0 Å². The maximum atomic E-state index is 12.1. The van der Waals surface area contributed by atoms with Crippen molar-refractivity contribution < 1.29 is 13.5 Å². The number of aliphatic hydroxyl groups excluding tert-OH is 1. The SMILES string of the molecule is Cc1ccc(Cl)cc1S(=O)(=O)N1CC(O)C1. The minimum absolute atomic E-state index is 0.161. The second-order valence-corrected chi connectivity index (χ2v) is 6.23. The van der Waals surface area contributed by atoms with Gasteiger partial charge in [0.15, 0.2) is 0 Å². The molecule has 1 aromatic rings. The largest absolute Gasteiger partial charge is 0.390 e. The minimum Gasteiger partial charge on any atom is -0.390 e. The lowest BCUT2D eigenvalue weighted by Crippen LogP contribution is -2.53. The van der Waals surface area contributed by atoms with E-state index in [2.05, 4.69) is 0 Å². The first kappa shape index (κ1) is 11.9. The van der Waals surface area contributed by atoms with Crippen LogP contribution in [0.1, 0.15) is 5.56 Å². The number of benzene rings is 1. The van der Waals surface area contributed by atoms with Crippen molar-refractivity contribution in [2.24, 2.45) is 0 Å². The van der Waals surface area contributed by atoms with Gasteiger partial charge in [-0.25, -0.2) is 8.42 Å². The van der Waals surface area contributed by atoms with Gasteiger partial charge in [0.05, 0.1) is 11.0 Å². The molecule has 0 atom stereocenters. The van der Waals surface area contributed by atoms with Crippen LogP contribution in [0.2, 0.25) is 5.02 Å². The number of halogens is 1. The predicted octanol–water partition coefficient (Wildman–Crippen LogP) is 1.01. The van der Waals surface area contributed by atoms with E-state index in [1.54, 1.807) is 19.1 Å². The Morgan fingerprint density at radius 1 is 1.44 bits per heavy atom. The first-order valence-corrected chi connectivity index (χ1v) is 6.67. The fraction of sp³-hybridized carbons (Fsp3) is 0.400. The summed E-state index contributed by atoms with van der Waals surface area (Å²) in [6.07, 6.45) is -0.547. The van der Waals surface area contributed by atoms with Crippen molar-refractivity contribution in [3.05, 3.63) is 28.8 Å². The molecule has 1 aliphatic heterocycles. The third kappa shape index (κ3) is 1.96. The molecule has 0 aliphatic carbocycles. The Hall–Kier alpha value is -0.620. The second kappa shape index (κ2) is 4.00. The van der Waals surface area contributed by atoms with E-state index in [-0.39, 0.29) is 18.0 Å². The molecule has 4 nitrogen and oxygen atoms in total. The van der Waals surface area contributed by atoms with Crippen molar-refractivity contribution in [2.75, 3.05) is 13.1 Å². The van der Waals surface area contributed by atoms with E-state index in [1.165, 1.54) is 10.4 Å². The van der Waals surface area contributed by atoms with Gasteiger partial charge in [-0.3, -0.25) is 0 Å². The molecular formula is C10H12ClNO3S. The van der Waals surface area contributed by atoms with Crippen LogP contribution >= 0.6 is 11.6 Å². The molecule has 1 aliphatic rings. The molecule has 0 amide bonds. The van der Waals surface area contributed by atoms with Gasteiger partial charge in [-0.15, -0.1) is 0 Å². The lowest BCUT2D eigenvalue weighted by Gasteiger charge is -2.34. The molecule has 0 spiro atoms. The molecule has 0 unspecified atom stereocenters. The maximum absolute atomic E-state index is 12.1.